The van der Waals surface area contributed by atoms with Crippen LogP contribution >= 0.6 is 0 Å². The minimum Gasteiger partial charge on any atom is -0.266 e. The lowest BCUT2D eigenvalue weighted by Gasteiger charge is -2.24. The Bertz CT molecular complexity index is 1260. The Morgan fingerprint density at radius 2 is 1.75 bits per heavy atom. The molecular weight excluding hydrogens is 410 g/mol. The molecule has 1 fully saturated rings. The third-order valence-electron chi connectivity index (χ3n) is 6.24. The molecule has 1 aromatic carbocycles. The molecule has 0 aliphatic heterocycles. The lowest BCUT2D eigenvalue weighted by Crippen LogP contribution is -2.14. The van der Waals surface area contributed by atoms with Crippen LogP contribution in [-0.4, -0.2) is 30.8 Å². The van der Waals surface area contributed by atoms with Crippen molar-refractivity contribution in [2.24, 2.45) is 5.92 Å². The molecule has 162 valence electrons. The fourth-order valence-electron chi connectivity index (χ4n) is 4.57. The lowest BCUT2D eigenvalue weighted by atomic mass is 9.80. The second kappa shape index (κ2) is 8.50. The molecule has 0 N–H and O–H groups in total. The highest BCUT2D eigenvalue weighted by Crippen LogP contribution is 2.38. The minimum absolute atomic E-state index is 0.146. The molecule has 32 heavy (non-hydrogen) atoms. The SMILES string of the molecule is N#C[C@H]1CC[C@@H](c2nccn3ncc(-c4ccc(-c5cnn(CC(F)F)c5)cc4)c23)CC1. The first-order valence-electron chi connectivity index (χ1n) is 10.8. The molecule has 6 nitrogen and oxygen atoms in total. The Labute approximate surface area is 184 Å². The summed E-state index contributed by atoms with van der Waals surface area (Å²) in [4.78, 5) is 4.72. The highest BCUT2D eigenvalue weighted by Gasteiger charge is 2.26. The fraction of sp³-hybridized carbons (Fsp3) is 0.333. The number of hydrogen-bond donors (Lipinski definition) is 0. The molecule has 3 heterocycles. The van der Waals surface area contributed by atoms with Gasteiger partial charge in [-0.25, -0.2) is 13.3 Å². The highest BCUT2D eigenvalue weighted by atomic mass is 19.3. The number of aromatic nitrogens is 5. The van der Waals surface area contributed by atoms with E-state index < -0.39 is 13.0 Å². The van der Waals surface area contributed by atoms with Crippen molar-refractivity contribution in [2.75, 3.05) is 0 Å². The normalized spacial score (nSPS) is 18.8. The van der Waals surface area contributed by atoms with Crippen molar-refractivity contribution in [3.05, 3.63) is 60.9 Å². The molecule has 1 aliphatic carbocycles. The number of hydrogen-bond acceptors (Lipinski definition) is 4. The maximum absolute atomic E-state index is 12.6. The van der Waals surface area contributed by atoms with E-state index in [2.05, 4.69) is 16.3 Å². The van der Waals surface area contributed by atoms with E-state index in [0.717, 1.165) is 59.1 Å². The van der Waals surface area contributed by atoms with Gasteiger partial charge in [-0.1, -0.05) is 24.3 Å². The second-order valence-corrected chi connectivity index (χ2v) is 8.26. The van der Waals surface area contributed by atoms with Gasteiger partial charge in [0.1, 0.15) is 6.54 Å². The van der Waals surface area contributed by atoms with Crippen LogP contribution in [0.5, 0.6) is 0 Å². The highest BCUT2D eigenvalue weighted by molar-refractivity contribution is 5.83. The molecular formula is C24H22F2N6. The predicted octanol–water partition coefficient (Wildman–Crippen LogP) is 5.32. The van der Waals surface area contributed by atoms with E-state index in [1.807, 2.05) is 41.2 Å². The molecule has 0 saturated heterocycles. The van der Waals surface area contributed by atoms with Crippen LogP contribution in [0.4, 0.5) is 8.78 Å². The van der Waals surface area contributed by atoms with Crippen molar-refractivity contribution in [2.45, 2.75) is 44.6 Å². The minimum atomic E-state index is -2.43. The van der Waals surface area contributed by atoms with Gasteiger partial charge in [-0.3, -0.25) is 9.67 Å². The predicted molar refractivity (Wildman–Crippen MR) is 116 cm³/mol. The van der Waals surface area contributed by atoms with Gasteiger partial charge >= 0.3 is 0 Å². The van der Waals surface area contributed by atoms with E-state index in [4.69, 9.17) is 4.98 Å². The summed E-state index contributed by atoms with van der Waals surface area (Å²) in [5.41, 5.74) is 5.78. The molecule has 0 radical (unpaired) electrons. The Balaban J connectivity index is 1.45. The summed E-state index contributed by atoms with van der Waals surface area (Å²) in [6, 6.07) is 10.4. The van der Waals surface area contributed by atoms with Gasteiger partial charge in [-0.2, -0.15) is 15.5 Å². The maximum atomic E-state index is 12.6. The number of nitriles is 1. The van der Waals surface area contributed by atoms with Gasteiger partial charge < -0.3 is 0 Å². The van der Waals surface area contributed by atoms with Crippen molar-refractivity contribution in [3.63, 3.8) is 0 Å². The molecule has 8 heteroatoms. The number of alkyl halides is 2. The molecule has 4 aromatic rings. The van der Waals surface area contributed by atoms with Crippen molar-refractivity contribution >= 4 is 5.52 Å². The van der Waals surface area contributed by atoms with Gasteiger partial charge in [-0.15, -0.1) is 0 Å². The number of halogens is 2. The monoisotopic (exact) mass is 432 g/mol. The van der Waals surface area contributed by atoms with Gasteiger partial charge in [0.2, 0.25) is 0 Å². The Kier molecular flexibility index (Phi) is 5.39. The standard InChI is InChI=1S/C24H22F2N6/c25-22(26)15-31-14-20(12-29-31)17-5-7-18(8-6-17)21-13-30-32-10-9-28-23(24(21)32)19-3-1-16(11-27)2-4-19/h5-10,12-14,16,19,22H,1-4,15H2/t16-,19+. The lowest BCUT2D eigenvalue weighted by molar-refractivity contribution is 0.122. The van der Waals surface area contributed by atoms with Crippen molar-refractivity contribution in [1.82, 2.24) is 24.4 Å². The molecule has 1 aliphatic rings. The first-order chi connectivity index (χ1) is 15.6. The summed E-state index contributed by atoms with van der Waals surface area (Å²) in [6.07, 6.45) is 10.0. The van der Waals surface area contributed by atoms with Crippen LogP contribution in [0, 0.1) is 17.2 Å². The Morgan fingerprint density at radius 3 is 2.47 bits per heavy atom. The van der Waals surface area contributed by atoms with Crippen LogP contribution in [0.2, 0.25) is 0 Å². The Morgan fingerprint density at radius 1 is 1.00 bits per heavy atom. The quantitative estimate of drug-likeness (QED) is 0.428. The molecule has 0 atom stereocenters. The Hall–Kier alpha value is -3.60. The third kappa shape index (κ3) is 3.86. The molecule has 0 spiro atoms. The zero-order valence-electron chi connectivity index (χ0n) is 17.4. The zero-order chi connectivity index (χ0) is 22.1. The van der Waals surface area contributed by atoms with E-state index >= 15 is 0 Å². The molecule has 0 unspecified atom stereocenters. The number of rotatable bonds is 5. The van der Waals surface area contributed by atoms with E-state index in [1.54, 1.807) is 18.6 Å². The van der Waals surface area contributed by atoms with Crippen LogP contribution in [0.25, 0.3) is 27.8 Å². The average molecular weight is 432 g/mol. The van der Waals surface area contributed by atoms with E-state index in [0.29, 0.717) is 5.92 Å². The zero-order valence-corrected chi connectivity index (χ0v) is 17.4. The van der Waals surface area contributed by atoms with Crippen molar-refractivity contribution in [1.29, 1.82) is 5.26 Å². The van der Waals surface area contributed by atoms with E-state index in [1.165, 1.54) is 4.68 Å². The van der Waals surface area contributed by atoms with Crippen LogP contribution < -0.4 is 0 Å². The topological polar surface area (TPSA) is 71.8 Å². The molecule has 0 bridgehead atoms. The fourth-order valence-corrected chi connectivity index (χ4v) is 4.57. The van der Waals surface area contributed by atoms with Crippen molar-refractivity contribution in [3.8, 4) is 28.3 Å². The molecule has 5 rings (SSSR count). The molecule has 1 saturated carbocycles. The largest absolute Gasteiger partial charge is 0.266 e. The van der Waals surface area contributed by atoms with E-state index in [9.17, 15) is 14.0 Å². The maximum Gasteiger partial charge on any atom is 0.257 e. The number of fused-ring (bicyclic) bond motifs is 1. The third-order valence-corrected chi connectivity index (χ3v) is 6.24. The average Bonchev–Trinajstić information content (AvgIpc) is 3.46. The summed E-state index contributed by atoms with van der Waals surface area (Å²) < 4.78 is 28.3. The van der Waals surface area contributed by atoms with Gasteiger partial charge in [0, 0.05) is 41.6 Å². The number of benzene rings is 1. The van der Waals surface area contributed by atoms with E-state index in [-0.39, 0.29) is 5.92 Å². The van der Waals surface area contributed by atoms with Gasteiger partial charge in [0.15, 0.2) is 0 Å². The van der Waals surface area contributed by atoms with Crippen LogP contribution in [-0.2, 0) is 6.54 Å². The van der Waals surface area contributed by atoms with Crippen molar-refractivity contribution < 1.29 is 8.78 Å². The van der Waals surface area contributed by atoms with Crippen LogP contribution in [0.1, 0.15) is 37.3 Å². The van der Waals surface area contributed by atoms with Gasteiger partial charge in [-0.05, 0) is 36.8 Å². The summed E-state index contributed by atoms with van der Waals surface area (Å²) >= 11 is 0. The van der Waals surface area contributed by atoms with Gasteiger partial charge in [0.05, 0.1) is 29.7 Å². The summed E-state index contributed by atoms with van der Waals surface area (Å²) in [5.74, 6) is 0.464. The first-order valence-corrected chi connectivity index (χ1v) is 10.8. The second-order valence-electron chi connectivity index (χ2n) is 8.26. The smallest absolute Gasteiger partial charge is 0.257 e. The molecule has 3 aromatic heterocycles. The summed E-state index contributed by atoms with van der Waals surface area (Å²) in [7, 11) is 0. The van der Waals surface area contributed by atoms with Crippen LogP contribution in [0.15, 0.2) is 55.2 Å². The van der Waals surface area contributed by atoms with Crippen LogP contribution in [0.3, 0.4) is 0 Å². The number of nitrogens with zero attached hydrogens (tertiary/aromatic N) is 6. The summed E-state index contributed by atoms with van der Waals surface area (Å²) in [6.45, 7) is -0.410. The van der Waals surface area contributed by atoms with Gasteiger partial charge in [0.25, 0.3) is 6.43 Å². The summed E-state index contributed by atoms with van der Waals surface area (Å²) in [5, 5.41) is 17.8. The molecule has 0 amide bonds. The first kappa shape index (κ1) is 20.3.